The number of carboxylic acid groups (broad SMARTS) is 2. The molecule has 8 aromatic rings. The second-order valence-corrected chi connectivity index (χ2v) is 39.2. The van der Waals surface area contributed by atoms with Gasteiger partial charge in [-0.2, -0.15) is 0 Å². The van der Waals surface area contributed by atoms with E-state index in [-0.39, 0.29) is 92.7 Å². The average Bonchev–Trinajstić information content (AvgIpc) is 1.58. The summed E-state index contributed by atoms with van der Waals surface area (Å²) < 4.78 is 38.5. The average molecular weight is 1870 g/mol. The van der Waals surface area contributed by atoms with Gasteiger partial charge in [-0.15, -0.1) is 22.7 Å². The van der Waals surface area contributed by atoms with Gasteiger partial charge in [0.05, 0.1) is 61.8 Å². The molecular weight excluding hydrogens is 1750 g/mol. The molecule has 6 fully saturated rings. The summed E-state index contributed by atoms with van der Waals surface area (Å²) in [5, 5.41) is 51.6. The quantitative estimate of drug-likeness (QED) is 0.0188. The molecule has 4 aliphatic heterocycles. The fraction of sp³-hybridized carbons (Fsp3) is 0.500. The van der Waals surface area contributed by atoms with Crippen molar-refractivity contribution in [1.82, 2.24) is 61.6 Å². The first-order chi connectivity index (χ1) is 64.5. The van der Waals surface area contributed by atoms with Gasteiger partial charge in [-0.05, 0) is 189 Å². The van der Waals surface area contributed by atoms with Gasteiger partial charge in [0.2, 0.25) is 23.6 Å². The third kappa shape index (κ3) is 22.8. The number of rotatable bonds is 25. The summed E-state index contributed by atoms with van der Waals surface area (Å²) in [4.78, 5) is 165. The van der Waals surface area contributed by atoms with Gasteiger partial charge in [-0.25, -0.2) is 43.5 Å². The van der Waals surface area contributed by atoms with Crippen LogP contribution in [0, 0.1) is 29.5 Å². The van der Waals surface area contributed by atoms with Crippen molar-refractivity contribution < 1.29 is 81.5 Å². The number of Topliss-reactive ketones (excluding diaryl/α,β-unsaturated/α-hetero) is 2. The Morgan fingerprint density at radius 2 is 0.903 bits per heavy atom. The minimum absolute atomic E-state index is 0.0249. The van der Waals surface area contributed by atoms with Gasteiger partial charge in [0.1, 0.15) is 87.7 Å². The molecule has 0 bridgehead atoms. The number of hydrogen-bond donors (Lipinski definition) is 10. The number of ketones is 2. The van der Waals surface area contributed by atoms with E-state index in [0.717, 1.165) is 106 Å². The van der Waals surface area contributed by atoms with Crippen LogP contribution in [0.15, 0.2) is 132 Å². The van der Waals surface area contributed by atoms with Crippen molar-refractivity contribution >= 4 is 120 Å². The molecule has 134 heavy (non-hydrogen) atoms. The number of carbonyl (C=O) groups is 10. The standard InChI is InChI=1S/C51H64N8O8S.C49H58FN7O8S/c1-30(2)52-50-55-41(29-68-50)40-26-43(37-23-22-35(66-5)24-39(37)53-40)67-36-25-42-46(61)57-51(48(63)64)27-33(51)16-12-7-6-8-13-17-38(47(62)59(42)28-36)54-49(65)56-44(31-14-10-9-11-15-31)45(60)32-18-20-34(21-19-32)58(3)4;1-28(2)51-48-54-39(27-66-48)38-24-41(35-21-20-33(64-3)22-37(35)52-38)65-34-23-40-44(59)56-49(46(61)62)25-31(49)14-10-5-4-6-11-15-36(45(60)57(40)26-34)53-47(63)55-42(29-12-8-7-9-13-29)43(58)30-16-18-32(50)19-17-30/h12,16,18-24,26,29-31,33,36,38,42,44H,6-11,13-15,17,25,27-28H2,1-5H3,(H,52,55)(H,57,61)(H,63,64)(H2,54,56,65);10,14,16-22,24,27-29,31,34,36,40,42H,4-9,11-13,15,23,25-26H2,1-3H3,(H,51,54)(H,56,59)(H,61,62)(H2,53,55,63)/b16-12-;14-10-/t33?,36-,38+,42+,44+,51-;31?,34-,36+,40+,42+,49-/m11/s1. The van der Waals surface area contributed by atoms with E-state index >= 15 is 9.59 Å². The number of ether oxygens (including phenoxy) is 4. The van der Waals surface area contributed by atoms with Crippen LogP contribution in [-0.4, -0.2) is 212 Å². The first-order valence-electron chi connectivity index (χ1n) is 47.1. The number of allylic oxidation sites excluding steroid dienone is 2. The maximum atomic E-state index is 15.1. The summed E-state index contributed by atoms with van der Waals surface area (Å²) in [6.45, 7) is 8.04. The number of halogens is 1. The molecule has 2 unspecified atom stereocenters. The Kier molecular flexibility index (Phi) is 30.8. The largest absolute Gasteiger partial charge is 0.497 e. The second kappa shape index (κ2) is 42.9. The Labute approximate surface area is 787 Å². The van der Waals surface area contributed by atoms with Gasteiger partial charge >= 0.3 is 24.0 Å². The third-order valence-electron chi connectivity index (χ3n) is 26.9. The highest BCUT2D eigenvalue weighted by molar-refractivity contribution is 7.14. The van der Waals surface area contributed by atoms with E-state index < -0.39 is 125 Å². The zero-order valence-electron chi connectivity index (χ0n) is 77.1. The van der Waals surface area contributed by atoms with Gasteiger partial charge in [0.25, 0.3) is 0 Å². The minimum Gasteiger partial charge on any atom is -0.497 e. The lowest BCUT2D eigenvalue weighted by molar-refractivity contribution is -0.146. The molecule has 34 heteroatoms. The zero-order chi connectivity index (χ0) is 94.6. The van der Waals surface area contributed by atoms with Crippen molar-refractivity contribution in [2.24, 2.45) is 23.7 Å². The van der Waals surface area contributed by atoms with E-state index in [0.29, 0.717) is 98.8 Å². The second-order valence-electron chi connectivity index (χ2n) is 37.5. The van der Waals surface area contributed by atoms with Crippen LogP contribution in [0.25, 0.3) is 44.6 Å². The van der Waals surface area contributed by atoms with Crippen molar-refractivity contribution in [3.63, 3.8) is 0 Å². The van der Waals surface area contributed by atoms with Gasteiger partial charge in [0.15, 0.2) is 21.8 Å². The topological polar surface area (TPSA) is 406 Å². The number of nitrogens with one attached hydrogen (secondary N) is 8. The van der Waals surface area contributed by atoms with Crippen molar-refractivity contribution in [3.8, 4) is 45.8 Å². The molecule has 12 atom stereocenters. The summed E-state index contributed by atoms with van der Waals surface area (Å²) >= 11 is 2.91. The van der Waals surface area contributed by atoms with Crippen LogP contribution < -0.4 is 66.4 Å². The number of thiazole rings is 2. The number of aliphatic carboxylic acids is 2. The molecular formula is C100H122FN15O16S2. The Balaban J connectivity index is 0.000000204. The molecule has 8 aliphatic rings. The molecule has 2 saturated heterocycles. The predicted molar refractivity (Wildman–Crippen MR) is 511 cm³/mol. The van der Waals surface area contributed by atoms with Crippen molar-refractivity contribution in [2.75, 3.05) is 56.9 Å². The highest BCUT2D eigenvalue weighted by Gasteiger charge is 2.63. The Bertz CT molecular complexity index is 5680. The first-order valence-corrected chi connectivity index (χ1v) is 48.9. The predicted octanol–water partition coefficient (Wildman–Crippen LogP) is 15.2. The minimum atomic E-state index is -1.52. The summed E-state index contributed by atoms with van der Waals surface area (Å²) in [6, 6.07) is 19.9. The maximum Gasteiger partial charge on any atom is 0.330 e. The van der Waals surface area contributed by atoms with Crippen LogP contribution in [-0.2, 0) is 28.8 Å². The Morgan fingerprint density at radius 3 is 1.29 bits per heavy atom. The van der Waals surface area contributed by atoms with E-state index in [1.54, 1.807) is 62.8 Å². The van der Waals surface area contributed by atoms with E-state index in [2.05, 4.69) is 42.5 Å². The number of nitrogens with zero attached hydrogens (tertiary/aromatic N) is 7. The monoisotopic (exact) mass is 1870 g/mol. The van der Waals surface area contributed by atoms with Crippen molar-refractivity contribution in [1.29, 1.82) is 0 Å². The molecule has 8 amide bonds. The van der Waals surface area contributed by atoms with E-state index in [1.165, 1.54) is 56.7 Å². The molecule has 16 rings (SSSR count). The molecule has 0 spiro atoms. The molecule has 0 radical (unpaired) electrons. The molecule has 4 saturated carbocycles. The third-order valence-corrected chi connectivity index (χ3v) is 28.5. The molecule has 4 aromatic heterocycles. The number of pyridine rings is 2. The highest BCUT2D eigenvalue weighted by Crippen LogP contribution is 2.48. The lowest BCUT2D eigenvalue weighted by atomic mass is 9.81. The van der Waals surface area contributed by atoms with E-state index in [1.807, 2.05) is 106 Å². The first kappa shape index (κ1) is 96.3. The van der Waals surface area contributed by atoms with Crippen LogP contribution >= 0.6 is 22.7 Å². The molecule has 31 nitrogen and oxygen atoms in total. The summed E-state index contributed by atoms with van der Waals surface area (Å²) in [6.07, 6.45) is 21.6. The van der Waals surface area contributed by atoms with Crippen LogP contribution in [0.4, 0.5) is 29.9 Å². The summed E-state index contributed by atoms with van der Waals surface area (Å²) in [5.74, 6) is -4.53. The number of hydrogen-bond acceptors (Lipinski definition) is 23. The maximum absolute atomic E-state index is 15.1. The lowest BCUT2D eigenvalue weighted by Gasteiger charge is -2.32. The van der Waals surface area contributed by atoms with Gasteiger partial charge < -0.3 is 86.4 Å². The summed E-state index contributed by atoms with van der Waals surface area (Å²) in [5.41, 5.74) is 2.20. The lowest BCUT2D eigenvalue weighted by Crippen LogP contribution is -2.58. The van der Waals surface area contributed by atoms with E-state index in [4.69, 9.17) is 38.9 Å². The fourth-order valence-electron chi connectivity index (χ4n) is 19.4. The fourth-order valence-corrected chi connectivity index (χ4v) is 21.1. The Morgan fingerprint density at radius 1 is 0.507 bits per heavy atom. The van der Waals surface area contributed by atoms with Gasteiger partial charge in [-0.3, -0.25) is 28.8 Å². The van der Waals surface area contributed by atoms with Crippen LogP contribution in [0.2, 0.25) is 0 Å². The number of fused-ring (bicyclic) bond motifs is 6. The number of carboxylic acids is 2. The SMILES string of the molecule is COc1ccc2c(O[C@@H]3C[C@H]4C(=O)N[C@]5(C(=O)O)CC5/C=C\CCCCC[C@H](NC(=O)N[C@H](C(=O)c5ccc(F)cc5)C5CCCCC5)C(=O)N4C3)cc(-c3csc(NC(C)C)n3)nc2c1.COc1ccc2c(O[C@@H]3C[C@H]4C(=O)N[C@]5(C(=O)O)CC5/C=C\CCCCC[C@H](NC(=O)N[C@H](C(=O)c5ccc(N(C)C)cc5)C5CCCCC5)C(=O)N4C3)cc(-c3csc(NC(C)C)n3)nc2c1. The number of amides is 8. The molecule has 10 N–H and O–H groups in total. The number of aromatic nitrogens is 4. The number of benzene rings is 4. The molecule has 8 heterocycles. The number of methoxy groups -OCH3 is 2. The molecule has 4 aliphatic carbocycles. The molecule has 712 valence electrons. The highest BCUT2D eigenvalue weighted by atomic mass is 32.1. The van der Waals surface area contributed by atoms with Gasteiger partial charge in [-0.1, -0.05) is 88.5 Å². The summed E-state index contributed by atoms with van der Waals surface area (Å²) in [7, 11) is 7.00. The van der Waals surface area contributed by atoms with Crippen LogP contribution in [0.3, 0.4) is 0 Å². The molecule has 4 aromatic carbocycles. The normalized spacial score (nSPS) is 24.6. The van der Waals surface area contributed by atoms with Gasteiger partial charge in [0, 0.05) is 113 Å². The van der Waals surface area contributed by atoms with Crippen LogP contribution in [0.1, 0.15) is 203 Å². The zero-order valence-corrected chi connectivity index (χ0v) is 78.7. The van der Waals surface area contributed by atoms with Crippen molar-refractivity contribution in [3.05, 3.63) is 149 Å². The van der Waals surface area contributed by atoms with Crippen LogP contribution in [0.5, 0.6) is 23.0 Å². The Hall–Kier alpha value is -12.3. The smallest absolute Gasteiger partial charge is 0.330 e. The number of urea groups is 2. The van der Waals surface area contributed by atoms with E-state index in [9.17, 15) is 53.0 Å². The van der Waals surface area contributed by atoms with Crippen molar-refractivity contribution in [2.45, 2.75) is 253 Å². The number of carbonyl (C=O) groups excluding carboxylic acids is 8. The number of anilines is 3.